The van der Waals surface area contributed by atoms with Crippen LogP contribution in [0.5, 0.6) is 0 Å². The lowest BCUT2D eigenvalue weighted by Gasteiger charge is -2.37. The molecule has 2 amide bonds. The number of aliphatic imine (C=N–C) groups is 1. The zero-order valence-electron chi connectivity index (χ0n) is 19.1. The zero-order valence-corrected chi connectivity index (χ0v) is 19.1. The van der Waals surface area contributed by atoms with Crippen LogP contribution in [0.1, 0.15) is 30.5 Å². The normalized spacial score (nSPS) is 18.1. The lowest BCUT2D eigenvalue weighted by atomic mass is 10.1. The number of amides is 2. The predicted molar refractivity (Wildman–Crippen MR) is 129 cm³/mol. The van der Waals surface area contributed by atoms with E-state index in [1.165, 1.54) is 11.2 Å². The quantitative estimate of drug-likeness (QED) is 0.388. The number of rotatable bonds is 4. The number of hydrazone groups is 2. The molecule has 12 nitrogen and oxygen atoms in total. The topological polar surface area (TPSA) is 130 Å². The van der Waals surface area contributed by atoms with Crippen molar-refractivity contribution in [3.05, 3.63) is 41.9 Å². The number of hydrogen-bond acceptors (Lipinski definition) is 9. The molecule has 0 aliphatic carbocycles. The molecule has 174 valence electrons. The molecule has 4 heterocycles. The average molecular weight is 460 g/mol. The molecule has 12 heteroatoms. The van der Waals surface area contributed by atoms with Crippen molar-refractivity contribution in [3.63, 3.8) is 0 Å². The summed E-state index contributed by atoms with van der Waals surface area (Å²) in [5, 5.41) is 20.5. The van der Waals surface area contributed by atoms with E-state index in [1.54, 1.807) is 47.7 Å². The molecular weight excluding hydrogens is 434 g/mol. The fraction of sp³-hybridized carbons (Fsp3) is 0.364. The van der Waals surface area contributed by atoms with Crippen LogP contribution in [0.3, 0.4) is 0 Å². The summed E-state index contributed by atoms with van der Waals surface area (Å²) in [5.74, 6) is 1.79. The van der Waals surface area contributed by atoms with E-state index in [4.69, 9.17) is 5.26 Å². The van der Waals surface area contributed by atoms with Crippen molar-refractivity contribution in [1.29, 1.82) is 5.26 Å². The maximum absolute atomic E-state index is 13.2. The first-order valence-corrected chi connectivity index (χ1v) is 10.8. The maximum Gasteiger partial charge on any atom is 0.341 e. The predicted octanol–water partition coefficient (Wildman–Crippen LogP) is 1.89. The Kier molecular flexibility index (Phi) is 6.72. The zero-order chi connectivity index (χ0) is 24.1. The van der Waals surface area contributed by atoms with Crippen molar-refractivity contribution in [3.8, 4) is 6.07 Å². The lowest BCUT2D eigenvalue weighted by Crippen LogP contribution is -2.52. The minimum atomic E-state index is -0.271. The average Bonchev–Trinajstić information content (AvgIpc) is 3.39. The second-order valence-corrected chi connectivity index (χ2v) is 7.71. The van der Waals surface area contributed by atoms with Gasteiger partial charge in [-0.1, -0.05) is 0 Å². The molecule has 1 saturated heterocycles. The molecule has 2 aliphatic rings. The lowest BCUT2D eigenvalue weighted by molar-refractivity contribution is 0.139. The fourth-order valence-corrected chi connectivity index (χ4v) is 3.86. The third-order valence-corrected chi connectivity index (χ3v) is 5.75. The fourth-order valence-electron chi connectivity index (χ4n) is 3.86. The van der Waals surface area contributed by atoms with E-state index in [2.05, 4.69) is 42.9 Å². The SMILES string of the molecule is C=NN(/C(C)=N\C)c1ccnc(N2CCN(C(=O)N3N=CCC3c3cncc(C#N)c3)CC2)n1. The summed E-state index contributed by atoms with van der Waals surface area (Å²) < 4.78 is 0. The van der Waals surface area contributed by atoms with E-state index in [0.29, 0.717) is 55.8 Å². The largest absolute Gasteiger partial charge is 0.341 e. The standard InChI is InChI=1S/C22H25N11O/c1-16(24-2)32(25-3)20-5-6-27-21(29-20)30-8-10-31(11-9-30)22(34)33-19(4-7-28-33)18-12-17(13-23)14-26-15-18/h5-7,12,14-15,19H,3-4,8-11H2,1-2H3/b24-16-. The molecule has 2 aromatic heterocycles. The number of nitriles is 1. The van der Waals surface area contributed by atoms with E-state index in [1.807, 2.05) is 11.8 Å². The van der Waals surface area contributed by atoms with E-state index in [0.717, 1.165) is 5.56 Å². The van der Waals surface area contributed by atoms with Gasteiger partial charge >= 0.3 is 6.03 Å². The van der Waals surface area contributed by atoms with E-state index in [-0.39, 0.29) is 12.1 Å². The van der Waals surface area contributed by atoms with Crippen LogP contribution in [0.15, 0.2) is 45.9 Å². The van der Waals surface area contributed by atoms with Gasteiger partial charge in [0.1, 0.15) is 11.9 Å². The molecule has 1 atom stereocenters. The van der Waals surface area contributed by atoms with E-state index < -0.39 is 0 Å². The first-order valence-electron chi connectivity index (χ1n) is 10.8. The van der Waals surface area contributed by atoms with Gasteiger partial charge in [-0.25, -0.2) is 19.8 Å². The Morgan fingerprint density at radius 1 is 1.29 bits per heavy atom. The number of aromatic nitrogens is 3. The Morgan fingerprint density at radius 2 is 2.09 bits per heavy atom. The third-order valence-electron chi connectivity index (χ3n) is 5.75. The summed E-state index contributed by atoms with van der Waals surface area (Å²) in [6.07, 6.45) is 7.15. The van der Waals surface area contributed by atoms with E-state index >= 15 is 0 Å². The molecule has 0 aromatic carbocycles. The van der Waals surface area contributed by atoms with Gasteiger partial charge in [-0.3, -0.25) is 9.98 Å². The smallest absolute Gasteiger partial charge is 0.337 e. The molecule has 0 spiro atoms. The van der Waals surface area contributed by atoms with Crippen LogP contribution in [0, 0.1) is 11.3 Å². The van der Waals surface area contributed by atoms with Gasteiger partial charge in [0.15, 0.2) is 5.82 Å². The first kappa shape index (κ1) is 22.8. The summed E-state index contributed by atoms with van der Waals surface area (Å²) >= 11 is 0. The summed E-state index contributed by atoms with van der Waals surface area (Å²) in [6, 6.07) is 5.14. The van der Waals surface area contributed by atoms with Gasteiger partial charge in [-0.05, 0) is 18.6 Å². The summed E-state index contributed by atoms with van der Waals surface area (Å²) in [4.78, 5) is 34.3. The Labute approximate surface area is 197 Å². The van der Waals surface area contributed by atoms with Crippen LogP contribution in [-0.2, 0) is 0 Å². The molecule has 0 radical (unpaired) electrons. The highest BCUT2D eigenvalue weighted by atomic mass is 16.2. The number of nitrogens with zero attached hydrogens (tertiary/aromatic N) is 11. The van der Waals surface area contributed by atoms with Gasteiger partial charge in [0.2, 0.25) is 5.95 Å². The van der Waals surface area contributed by atoms with Crippen LogP contribution in [0.4, 0.5) is 16.6 Å². The molecule has 1 fully saturated rings. The van der Waals surface area contributed by atoms with E-state index in [9.17, 15) is 4.79 Å². The number of amidine groups is 1. The molecule has 2 aromatic rings. The Hall–Kier alpha value is -4.40. The highest BCUT2D eigenvalue weighted by Gasteiger charge is 2.33. The number of piperazine rings is 1. The minimum Gasteiger partial charge on any atom is -0.337 e. The number of anilines is 2. The van der Waals surface area contributed by atoms with Gasteiger partial charge in [0, 0.05) is 77.2 Å². The number of pyridine rings is 1. The van der Waals surface area contributed by atoms with Gasteiger partial charge in [-0.15, -0.1) is 0 Å². The third kappa shape index (κ3) is 4.54. The molecule has 0 N–H and O–H groups in total. The van der Waals surface area contributed by atoms with Crippen LogP contribution < -0.4 is 9.91 Å². The molecule has 1 unspecified atom stereocenters. The second-order valence-electron chi connectivity index (χ2n) is 7.71. The molecule has 0 bridgehead atoms. The summed E-state index contributed by atoms with van der Waals surface area (Å²) in [5.41, 5.74) is 1.25. The number of carbonyl (C=O) groups excluding carboxylic acids is 1. The highest BCUT2D eigenvalue weighted by molar-refractivity contribution is 5.94. The number of urea groups is 1. The van der Waals surface area contributed by atoms with Gasteiger partial charge in [0.25, 0.3) is 0 Å². The van der Waals surface area contributed by atoms with Crippen LogP contribution in [0.25, 0.3) is 0 Å². The molecule has 34 heavy (non-hydrogen) atoms. The van der Waals surface area contributed by atoms with Crippen molar-refractivity contribution >= 4 is 36.6 Å². The van der Waals surface area contributed by atoms with Crippen molar-refractivity contribution in [1.82, 2.24) is 24.9 Å². The molecule has 4 rings (SSSR count). The minimum absolute atomic E-state index is 0.174. The van der Waals surface area contributed by atoms with Gasteiger partial charge in [0.05, 0.1) is 11.6 Å². The first-order chi connectivity index (χ1) is 16.5. The van der Waals surface area contributed by atoms with Crippen molar-refractivity contribution in [2.75, 3.05) is 43.1 Å². The Balaban J connectivity index is 1.42. The van der Waals surface area contributed by atoms with Gasteiger partial charge in [-0.2, -0.15) is 20.4 Å². The van der Waals surface area contributed by atoms with Gasteiger partial charge < -0.3 is 9.80 Å². The summed E-state index contributed by atoms with van der Waals surface area (Å²) in [6.45, 7) is 7.57. The van der Waals surface area contributed by atoms with Crippen molar-refractivity contribution in [2.24, 2.45) is 15.2 Å². The molecule has 0 saturated carbocycles. The Bertz CT molecular complexity index is 1160. The van der Waals surface area contributed by atoms with Crippen LogP contribution in [0.2, 0.25) is 0 Å². The van der Waals surface area contributed by atoms with Crippen LogP contribution in [-0.4, -0.2) is 82.9 Å². The van der Waals surface area contributed by atoms with Crippen molar-refractivity contribution < 1.29 is 4.79 Å². The number of carbonyl (C=O) groups is 1. The highest BCUT2D eigenvalue weighted by Crippen LogP contribution is 2.29. The maximum atomic E-state index is 13.2. The monoisotopic (exact) mass is 459 g/mol. The van der Waals surface area contributed by atoms with Crippen molar-refractivity contribution in [2.45, 2.75) is 19.4 Å². The second kappa shape index (κ2) is 10.0. The molecular formula is C22H25N11O. The molecule has 2 aliphatic heterocycles. The van der Waals surface area contributed by atoms with Crippen LogP contribution >= 0.6 is 0 Å². The number of hydrogen-bond donors (Lipinski definition) is 0. The summed E-state index contributed by atoms with van der Waals surface area (Å²) in [7, 11) is 1.68. The Morgan fingerprint density at radius 3 is 2.79 bits per heavy atom.